The first-order chi connectivity index (χ1) is 14.3. The van der Waals surface area contributed by atoms with Crippen LogP contribution in [0.15, 0.2) is 84.3 Å². The molecule has 0 spiro atoms. The van der Waals surface area contributed by atoms with Crippen molar-refractivity contribution in [2.24, 2.45) is 0 Å². The van der Waals surface area contributed by atoms with Gasteiger partial charge in [-0.2, -0.15) is 0 Å². The summed E-state index contributed by atoms with van der Waals surface area (Å²) in [7, 11) is 0. The van der Waals surface area contributed by atoms with Gasteiger partial charge in [-0.3, -0.25) is 14.8 Å². The lowest BCUT2D eigenvalue weighted by Crippen LogP contribution is -2.11. The second kappa shape index (κ2) is 9.16. The van der Waals surface area contributed by atoms with E-state index in [9.17, 15) is 4.79 Å². The minimum atomic E-state index is -0.0230. The Morgan fingerprint density at radius 3 is 2.28 bits per heavy atom. The van der Waals surface area contributed by atoms with Gasteiger partial charge >= 0.3 is 0 Å². The van der Waals surface area contributed by atoms with Crippen molar-refractivity contribution in [2.45, 2.75) is 11.6 Å². The summed E-state index contributed by atoms with van der Waals surface area (Å²) in [5.41, 5.74) is 3.95. The van der Waals surface area contributed by atoms with Crippen molar-refractivity contribution in [3.8, 4) is 22.8 Å². The van der Waals surface area contributed by atoms with E-state index in [1.165, 1.54) is 11.8 Å². The van der Waals surface area contributed by atoms with Crippen LogP contribution in [-0.2, 0) is 4.79 Å². The molecule has 6 nitrogen and oxygen atoms in total. The van der Waals surface area contributed by atoms with Crippen LogP contribution in [0.25, 0.3) is 22.8 Å². The maximum Gasteiger partial charge on any atom is 0.225 e. The number of carbonyl (C=O) groups is 1. The number of hydrogen-bond donors (Lipinski definition) is 2. The fraction of sp³-hybridized carbons (Fsp3) is 0.0909. The Hall–Kier alpha value is -3.45. The quantitative estimate of drug-likeness (QED) is 0.440. The van der Waals surface area contributed by atoms with Crippen molar-refractivity contribution >= 4 is 23.4 Å². The molecule has 0 bridgehead atoms. The molecule has 4 rings (SSSR count). The molecule has 0 atom stereocenters. The number of anilines is 1. The Morgan fingerprint density at radius 1 is 0.897 bits per heavy atom. The van der Waals surface area contributed by atoms with Gasteiger partial charge in [0.15, 0.2) is 5.16 Å². The van der Waals surface area contributed by atoms with Gasteiger partial charge in [0.1, 0.15) is 5.69 Å². The Morgan fingerprint density at radius 2 is 1.59 bits per heavy atom. The van der Waals surface area contributed by atoms with E-state index in [1.807, 2.05) is 66.7 Å². The Bertz CT molecular complexity index is 1010. The lowest BCUT2D eigenvalue weighted by molar-refractivity contribution is -0.115. The number of benzene rings is 1. The van der Waals surface area contributed by atoms with Gasteiger partial charge in [0, 0.05) is 30.3 Å². The topological polar surface area (TPSA) is 83.6 Å². The highest BCUT2D eigenvalue weighted by molar-refractivity contribution is 7.99. The minimum absolute atomic E-state index is 0.0230. The standard InChI is InChI=1S/C22H19N5OS/c28-19(25-16-8-2-1-3-9-16)12-15-29-22-26-20(17-10-4-6-13-23-17)21(27-22)18-11-5-7-14-24-18/h1-11,13-14H,12,15H2,(H,25,28)(H,26,27). The van der Waals surface area contributed by atoms with E-state index in [2.05, 4.69) is 20.3 Å². The van der Waals surface area contributed by atoms with Crippen molar-refractivity contribution in [1.29, 1.82) is 0 Å². The molecule has 29 heavy (non-hydrogen) atoms. The normalized spacial score (nSPS) is 10.6. The monoisotopic (exact) mass is 401 g/mol. The van der Waals surface area contributed by atoms with Gasteiger partial charge in [-0.25, -0.2) is 4.98 Å². The molecule has 1 aromatic carbocycles. The average Bonchev–Trinajstić information content (AvgIpc) is 3.20. The number of imidazole rings is 1. The number of thioether (sulfide) groups is 1. The van der Waals surface area contributed by atoms with Crippen molar-refractivity contribution in [2.75, 3.05) is 11.1 Å². The van der Waals surface area contributed by atoms with Crippen LogP contribution in [0.1, 0.15) is 6.42 Å². The second-order valence-corrected chi connectivity index (χ2v) is 7.29. The summed E-state index contributed by atoms with van der Waals surface area (Å²) in [4.78, 5) is 29.0. The van der Waals surface area contributed by atoms with Gasteiger partial charge in [-0.05, 0) is 36.4 Å². The van der Waals surface area contributed by atoms with Gasteiger partial charge in [-0.1, -0.05) is 42.1 Å². The number of amides is 1. The molecule has 2 N–H and O–H groups in total. The summed E-state index contributed by atoms with van der Waals surface area (Å²) in [6.45, 7) is 0. The van der Waals surface area contributed by atoms with E-state index in [-0.39, 0.29) is 5.91 Å². The molecule has 144 valence electrons. The largest absolute Gasteiger partial charge is 0.331 e. The van der Waals surface area contributed by atoms with E-state index >= 15 is 0 Å². The number of para-hydroxylation sites is 1. The van der Waals surface area contributed by atoms with E-state index in [0.29, 0.717) is 12.2 Å². The molecule has 0 fully saturated rings. The number of rotatable bonds is 7. The van der Waals surface area contributed by atoms with E-state index in [4.69, 9.17) is 4.98 Å². The molecular weight excluding hydrogens is 382 g/mol. The first-order valence-corrected chi connectivity index (χ1v) is 10.2. The number of nitrogens with zero attached hydrogens (tertiary/aromatic N) is 3. The predicted molar refractivity (Wildman–Crippen MR) is 115 cm³/mol. The molecule has 0 unspecified atom stereocenters. The van der Waals surface area contributed by atoms with E-state index in [1.54, 1.807) is 12.4 Å². The lowest BCUT2D eigenvalue weighted by Gasteiger charge is -2.03. The van der Waals surface area contributed by atoms with Crippen LogP contribution >= 0.6 is 11.8 Å². The van der Waals surface area contributed by atoms with Gasteiger partial charge in [0.25, 0.3) is 0 Å². The molecule has 1 amide bonds. The van der Waals surface area contributed by atoms with Crippen LogP contribution in [-0.4, -0.2) is 31.6 Å². The van der Waals surface area contributed by atoms with Crippen molar-refractivity contribution in [3.05, 3.63) is 79.1 Å². The highest BCUT2D eigenvalue weighted by atomic mass is 32.2. The summed E-state index contributed by atoms with van der Waals surface area (Å²) in [5.74, 6) is 0.584. The first-order valence-electron chi connectivity index (χ1n) is 9.20. The molecule has 0 saturated heterocycles. The number of aromatic nitrogens is 4. The summed E-state index contributed by atoms with van der Waals surface area (Å²) in [6, 6.07) is 20.9. The minimum Gasteiger partial charge on any atom is -0.331 e. The van der Waals surface area contributed by atoms with Crippen LogP contribution in [0.2, 0.25) is 0 Å². The number of aromatic amines is 1. The molecule has 0 saturated carbocycles. The molecule has 3 aromatic heterocycles. The van der Waals surface area contributed by atoms with Gasteiger partial charge in [0.05, 0.1) is 17.1 Å². The number of carbonyl (C=O) groups excluding carboxylic acids is 1. The van der Waals surface area contributed by atoms with E-state index < -0.39 is 0 Å². The molecule has 0 aliphatic heterocycles. The zero-order valence-corrected chi connectivity index (χ0v) is 16.4. The third-order valence-electron chi connectivity index (χ3n) is 4.14. The number of hydrogen-bond acceptors (Lipinski definition) is 5. The third kappa shape index (κ3) is 4.89. The molecule has 0 aliphatic rings. The Balaban J connectivity index is 1.47. The maximum absolute atomic E-state index is 12.1. The number of H-pyrrole nitrogens is 1. The SMILES string of the molecule is O=C(CCSc1nc(-c2ccccn2)c(-c2ccccn2)[nH]1)Nc1ccccc1. The zero-order valence-electron chi connectivity index (χ0n) is 15.6. The molecule has 0 radical (unpaired) electrons. The van der Waals surface area contributed by atoms with E-state index in [0.717, 1.165) is 33.6 Å². The summed E-state index contributed by atoms with van der Waals surface area (Å²) in [6.07, 6.45) is 3.88. The van der Waals surface area contributed by atoms with Gasteiger partial charge in [0.2, 0.25) is 5.91 Å². The summed E-state index contributed by atoms with van der Waals surface area (Å²) < 4.78 is 0. The molecule has 4 aromatic rings. The molecule has 3 heterocycles. The van der Waals surface area contributed by atoms with Crippen molar-refractivity contribution < 1.29 is 4.79 Å². The number of pyridine rings is 2. The zero-order chi connectivity index (χ0) is 19.9. The summed E-state index contributed by atoms with van der Waals surface area (Å²) >= 11 is 1.50. The van der Waals surface area contributed by atoms with Gasteiger partial charge in [-0.15, -0.1) is 0 Å². The predicted octanol–water partition coefficient (Wildman–Crippen LogP) is 4.65. The number of nitrogens with one attached hydrogen (secondary N) is 2. The van der Waals surface area contributed by atoms with Crippen LogP contribution in [0.4, 0.5) is 5.69 Å². The lowest BCUT2D eigenvalue weighted by atomic mass is 10.2. The van der Waals surface area contributed by atoms with Crippen LogP contribution < -0.4 is 5.32 Å². The third-order valence-corrected chi connectivity index (χ3v) is 5.01. The average molecular weight is 401 g/mol. The maximum atomic E-state index is 12.1. The van der Waals surface area contributed by atoms with Crippen LogP contribution in [0.3, 0.4) is 0 Å². The van der Waals surface area contributed by atoms with Gasteiger partial charge < -0.3 is 10.3 Å². The second-order valence-electron chi connectivity index (χ2n) is 6.21. The Kier molecular flexibility index (Phi) is 5.97. The van der Waals surface area contributed by atoms with Crippen molar-refractivity contribution in [1.82, 2.24) is 19.9 Å². The van der Waals surface area contributed by atoms with Crippen molar-refractivity contribution in [3.63, 3.8) is 0 Å². The Labute approximate surface area is 172 Å². The summed E-state index contributed by atoms with van der Waals surface area (Å²) in [5, 5.41) is 3.63. The fourth-order valence-corrected chi connectivity index (χ4v) is 3.60. The molecular formula is C22H19N5OS. The first kappa shape index (κ1) is 18.9. The fourth-order valence-electron chi connectivity index (χ4n) is 2.79. The van der Waals surface area contributed by atoms with Crippen LogP contribution in [0, 0.1) is 0 Å². The van der Waals surface area contributed by atoms with Crippen LogP contribution in [0.5, 0.6) is 0 Å². The highest BCUT2D eigenvalue weighted by Gasteiger charge is 2.16. The smallest absolute Gasteiger partial charge is 0.225 e. The molecule has 0 aliphatic carbocycles. The highest BCUT2D eigenvalue weighted by Crippen LogP contribution is 2.30. The molecule has 7 heteroatoms.